The molecule has 0 N–H and O–H groups in total. The van der Waals surface area contributed by atoms with Crippen LogP contribution in [0.1, 0.15) is 29.4 Å². The molecule has 0 saturated carbocycles. The Labute approximate surface area is 117 Å². The van der Waals surface area contributed by atoms with Crippen LogP contribution < -0.4 is 9.47 Å². The van der Waals surface area contributed by atoms with Crippen molar-refractivity contribution in [2.24, 2.45) is 0 Å². The molecule has 0 atom stereocenters. The van der Waals surface area contributed by atoms with Crippen molar-refractivity contribution in [2.75, 3.05) is 13.7 Å². The second kappa shape index (κ2) is 6.65. The third kappa shape index (κ3) is 3.32. The maximum absolute atomic E-state index is 12.3. The number of hydrogen-bond donors (Lipinski definition) is 0. The lowest BCUT2D eigenvalue weighted by molar-refractivity contribution is 0.103. The van der Waals surface area contributed by atoms with E-state index in [1.54, 1.807) is 24.3 Å². The summed E-state index contributed by atoms with van der Waals surface area (Å²) in [4.78, 5) is 20.1. The van der Waals surface area contributed by atoms with Crippen LogP contribution in [0.2, 0.25) is 0 Å². The molecule has 104 valence electrons. The molecule has 1 aromatic heterocycles. The van der Waals surface area contributed by atoms with E-state index in [9.17, 15) is 4.79 Å². The second-order valence-corrected chi connectivity index (χ2v) is 4.15. The highest BCUT2D eigenvalue weighted by atomic mass is 16.5. The summed E-state index contributed by atoms with van der Waals surface area (Å²) in [5, 5.41) is 0. The van der Waals surface area contributed by atoms with Crippen molar-refractivity contribution in [3.05, 3.63) is 47.9 Å². The summed E-state index contributed by atoms with van der Waals surface area (Å²) in [6.45, 7) is 2.71. The maximum Gasteiger partial charge on any atom is 0.216 e. The van der Waals surface area contributed by atoms with Gasteiger partial charge in [-0.2, -0.15) is 0 Å². The highest BCUT2D eigenvalue weighted by Gasteiger charge is 2.12. The highest BCUT2D eigenvalue weighted by Crippen LogP contribution is 2.16. The van der Waals surface area contributed by atoms with E-state index in [0.717, 1.165) is 12.2 Å². The minimum atomic E-state index is -0.173. The van der Waals surface area contributed by atoms with Crippen LogP contribution in [-0.2, 0) is 0 Å². The van der Waals surface area contributed by atoms with Gasteiger partial charge in [-0.15, -0.1) is 0 Å². The lowest BCUT2D eigenvalue weighted by Crippen LogP contribution is -2.05. The molecular formula is C15H16N2O3. The van der Waals surface area contributed by atoms with Crippen molar-refractivity contribution >= 4 is 5.78 Å². The molecule has 0 aliphatic carbocycles. The number of benzene rings is 1. The molecule has 0 aliphatic rings. The number of rotatable bonds is 6. The van der Waals surface area contributed by atoms with Crippen LogP contribution in [-0.4, -0.2) is 29.5 Å². The van der Waals surface area contributed by atoms with Crippen LogP contribution >= 0.6 is 0 Å². The van der Waals surface area contributed by atoms with Gasteiger partial charge in [-0.25, -0.2) is 9.97 Å². The maximum atomic E-state index is 12.3. The standard InChI is InChI=1S/C15H16N2O3/c1-3-8-20-12-6-4-11(5-7-12)15(18)13-9-14(19-2)17-10-16-13/h4-7,9-10H,3,8H2,1-2H3. The van der Waals surface area contributed by atoms with Gasteiger partial charge in [0.25, 0.3) is 0 Å². The van der Waals surface area contributed by atoms with Gasteiger partial charge >= 0.3 is 0 Å². The van der Waals surface area contributed by atoms with Crippen molar-refractivity contribution in [3.8, 4) is 11.6 Å². The SMILES string of the molecule is CCCOc1ccc(C(=O)c2cc(OC)ncn2)cc1. The predicted octanol–water partition coefficient (Wildman–Crippen LogP) is 2.51. The van der Waals surface area contributed by atoms with E-state index < -0.39 is 0 Å². The van der Waals surface area contributed by atoms with Crippen LogP contribution in [0.15, 0.2) is 36.7 Å². The molecule has 0 unspecified atom stereocenters. The number of carbonyl (C=O) groups excluding carboxylic acids is 1. The molecule has 20 heavy (non-hydrogen) atoms. The average Bonchev–Trinajstić information content (AvgIpc) is 2.52. The zero-order valence-corrected chi connectivity index (χ0v) is 11.5. The molecule has 0 fully saturated rings. The van der Waals surface area contributed by atoms with E-state index in [1.165, 1.54) is 19.5 Å². The molecule has 0 bridgehead atoms. The summed E-state index contributed by atoms with van der Waals surface area (Å²) in [6, 6.07) is 8.52. The van der Waals surface area contributed by atoms with Crippen LogP contribution in [0.4, 0.5) is 0 Å². The first-order valence-electron chi connectivity index (χ1n) is 6.38. The van der Waals surface area contributed by atoms with Gasteiger partial charge < -0.3 is 9.47 Å². The molecule has 0 spiro atoms. The van der Waals surface area contributed by atoms with Gasteiger partial charge in [0.05, 0.1) is 13.7 Å². The Kier molecular flexibility index (Phi) is 4.65. The molecule has 0 saturated heterocycles. The Hall–Kier alpha value is -2.43. The van der Waals surface area contributed by atoms with Crippen molar-refractivity contribution in [2.45, 2.75) is 13.3 Å². The van der Waals surface area contributed by atoms with Gasteiger partial charge in [0.1, 0.15) is 17.8 Å². The third-order valence-electron chi connectivity index (χ3n) is 2.67. The first kappa shape index (κ1) is 14.0. The Balaban J connectivity index is 2.16. The minimum Gasteiger partial charge on any atom is -0.494 e. The molecular weight excluding hydrogens is 256 g/mol. The van der Waals surface area contributed by atoms with Crippen molar-refractivity contribution in [1.82, 2.24) is 9.97 Å². The van der Waals surface area contributed by atoms with Crippen LogP contribution in [0, 0.1) is 0 Å². The zero-order valence-electron chi connectivity index (χ0n) is 11.5. The lowest BCUT2D eigenvalue weighted by Gasteiger charge is -2.06. The lowest BCUT2D eigenvalue weighted by atomic mass is 10.1. The first-order chi connectivity index (χ1) is 9.74. The smallest absolute Gasteiger partial charge is 0.216 e. The second-order valence-electron chi connectivity index (χ2n) is 4.15. The highest BCUT2D eigenvalue weighted by molar-refractivity contribution is 6.07. The average molecular weight is 272 g/mol. The summed E-state index contributed by atoms with van der Waals surface area (Å²) in [5.41, 5.74) is 0.855. The van der Waals surface area contributed by atoms with Gasteiger partial charge in [-0.05, 0) is 30.7 Å². The number of methoxy groups -OCH3 is 1. The number of hydrogen-bond acceptors (Lipinski definition) is 5. The van der Waals surface area contributed by atoms with Gasteiger partial charge in [0.2, 0.25) is 11.7 Å². The Morgan fingerprint density at radius 3 is 2.60 bits per heavy atom. The molecule has 5 heteroatoms. The van der Waals surface area contributed by atoms with Gasteiger partial charge in [-0.3, -0.25) is 4.79 Å². The van der Waals surface area contributed by atoms with E-state index in [0.29, 0.717) is 23.7 Å². The van der Waals surface area contributed by atoms with Gasteiger partial charge in [0.15, 0.2) is 0 Å². The molecule has 1 aromatic carbocycles. The molecule has 0 amide bonds. The predicted molar refractivity (Wildman–Crippen MR) is 74.2 cm³/mol. The molecule has 0 aliphatic heterocycles. The van der Waals surface area contributed by atoms with Crippen molar-refractivity contribution in [1.29, 1.82) is 0 Å². The van der Waals surface area contributed by atoms with E-state index in [-0.39, 0.29) is 5.78 Å². The van der Waals surface area contributed by atoms with E-state index >= 15 is 0 Å². The van der Waals surface area contributed by atoms with Crippen molar-refractivity contribution < 1.29 is 14.3 Å². The number of ether oxygens (including phenoxy) is 2. The number of carbonyl (C=O) groups is 1. The normalized spacial score (nSPS) is 10.1. The quantitative estimate of drug-likeness (QED) is 0.756. The largest absolute Gasteiger partial charge is 0.494 e. The molecule has 2 aromatic rings. The van der Waals surface area contributed by atoms with E-state index in [1.807, 2.05) is 6.92 Å². The summed E-state index contributed by atoms with van der Waals surface area (Å²) < 4.78 is 10.5. The summed E-state index contributed by atoms with van der Waals surface area (Å²) >= 11 is 0. The fraction of sp³-hybridized carbons (Fsp3) is 0.267. The topological polar surface area (TPSA) is 61.3 Å². The molecule has 1 heterocycles. The van der Waals surface area contributed by atoms with Gasteiger partial charge in [-0.1, -0.05) is 6.92 Å². The van der Waals surface area contributed by atoms with Crippen LogP contribution in [0.5, 0.6) is 11.6 Å². The van der Waals surface area contributed by atoms with Crippen molar-refractivity contribution in [3.63, 3.8) is 0 Å². The molecule has 0 radical (unpaired) electrons. The minimum absolute atomic E-state index is 0.173. The van der Waals surface area contributed by atoms with Crippen LogP contribution in [0.25, 0.3) is 0 Å². The summed E-state index contributed by atoms with van der Waals surface area (Å²) in [5.74, 6) is 0.947. The summed E-state index contributed by atoms with van der Waals surface area (Å²) in [6.07, 6.45) is 2.26. The first-order valence-corrected chi connectivity index (χ1v) is 6.38. The molecule has 5 nitrogen and oxygen atoms in total. The van der Waals surface area contributed by atoms with Crippen LogP contribution in [0.3, 0.4) is 0 Å². The number of ketones is 1. The van der Waals surface area contributed by atoms with E-state index in [2.05, 4.69) is 9.97 Å². The fourth-order valence-electron chi connectivity index (χ4n) is 1.65. The summed E-state index contributed by atoms with van der Waals surface area (Å²) in [7, 11) is 1.50. The fourth-order valence-corrected chi connectivity index (χ4v) is 1.65. The monoisotopic (exact) mass is 272 g/mol. The third-order valence-corrected chi connectivity index (χ3v) is 2.67. The number of aromatic nitrogens is 2. The Bertz CT molecular complexity index is 582. The van der Waals surface area contributed by atoms with Gasteiger partial charge in [0, 0.05) is 11.6 Å². The number of nitrogens with zero attached hydrogens (tertiary/aromatic N) is 2. The van der Waals surface area contributed by atoms with E-state index in [4.69, 9.17) is 9.47 Å². The Morgan fingerprint density at radius 1 is 1.20 bits per heavy atom. The molecule has 2 rings (SSSR count). The zero-order chi connectivity index (χ0) is 14.4. The Morgan fingerprint density at radius 2 is 1.95 bits per heavy atom.